The van der Waals surface area contributed by atoms with Crippen LogP contribution in [-0.4, -0.2) is 22.1 Å². The van der Waals surface area contributed by atoms with Crippen LogP contribution >= 0.6 is 0 Å². The number of nitrogen functional groups attached to an aromatic ring is 1. The van der Waals surface area contributed by atoms with E-state index in [9.17, 15) is 9.18 Å². The molecule has 0 unspecified atom stereocenters. The molecular weight excluding hydrogens is 273 g/mol. The fraction of sp³-hybridized carbons (Fsp3) is 0.333. The number of aryl methyl sites for hydroxylation is 2. The number of carbonyl (C=O) groups is 1. The Morgan fingerprint density at radius 2 is 2.10 bits per heavy atom. The third kappa shape index (κ3) is 2.89. The van der Waals surface area contributed by atoms with Gasteiger partial charge in [-0.3, -0.25) is 4.57 Å². The molecule has 0 fully saturated rings. The van der Waals surface area contributed by atoms with E-state index in [0.29, 0.717) is 17.9 Å². The van der Waals surface area contributed by atoms with Crippen LogP contribution in [0.15, 0.2) is 18.2 Å². The zero-order valence-electron chi connectivity index (χ0n) is 12.3. The summed E-state index contributed by atoms with van der Waals surface area (Å²) in [4.78, 5) is 16.1. The topological polar surface area (TPSA) is 70.1 Å². The summed E-state index contributed by atoms with van der Waals surface area (Å²) >= 11 is 0. The zero-order valence-corrected chi connectivity index (χ0v) is 12.3. The normalized spacial score (nSPS) is 10.7. The van der Waals surface area contributed by atoms with E-state index in [1.54, 1.807) is 24.5 Å². The molecule has 0 saturated carbocycles. The van der Waals surface area contributed by atoms with Crippen molar-refractivity contribution in [3.05, 3.63) is 41.1 Å². The van der Waals surface area contributed by atoms with Gasteiger partial charge < -0.3 is 10.5 Å². The smallest absolute Gasteiger partial charge is 0.360 e. The molecule has 0 bridgehead atoms. The maximum Gasteiger partial charge on any atom is 0.360 e. The molecule has 0 aliphatic heterocycles. The molecule has 0 saturated heterocycles. The molecule has 1 heterocycles. The van der Waals surface area contributed by atoms with Crippen molar-refractivity contribution in [1.82, 2.24) is 9.55 Å². The van der Waals surface area contributed by atoms with E-state index in [1.165, 1.54) is 12.1 Å². The fourth-order valence-corrected chi connectivity index (χ4v) is 2.20. The minimum Gasteiger partial charge on any atom is -0.461 e. The fourth-order valence-electron chi connectivity index (χ4n) is 2.20. The van der Waals surface area contributed by atoms with Gasteiger partial charge in [0, 0.05) is 6.42 Å². The number of nitrogens with zero attached hydrogens (tertiary/aromatic N) is 2. The van der Waals surface area contributed by atoms with Crippen molar-refractivity contribution in [3.63, 3.8) is 0 Å². The lowest BCUT2D eigenvalue weighted by Crippen LogP contribution is -2.09. The molecule has 2 aromatic rings. The lowest BCUT2D eigenvalue weighted by Gasteiger charge is -2.10. The highest BCUT2D eigenvalue weighted by Crippen LogP contribution is 2.23. The van der Waals surface area contributed by atoms with Crippen LogP contribution in [0.1, 0.15) is 35.7 Å². The molecule has 21 heavy (non-hydrogen) atoms. The third-order valence-electron chi connectivity index (χ3n) is 3.05. The van der Waals surface area contributed by atoms with E-state index in [0.717, 1.165) is 5.56 Å². The molecule has 5 nitrogen and oxygen atoms in total. The minimum atomic E-state index is -0.573. The standard InChI is InChI=1S/C15H18FN3O2/c1-4-12-18-13(15(20)21-5-2)14(17)19(12)11-7-9(3)6-10(16)8-11/h6-8H,4-5,17H2,1-3H3. The van der Waals surface area contributed by atoms with Crippen molar-refractivity contribution in [3.8, 4) is 5.69 Å². The number of ether oxygens (including phenoxy) is 1. The van der Waals surface area contributed by atoms with Crippen LogP contribution in [-0.2, 0) is 11.2 Å². The van der Waals surface area contributed by atoms with Crippen LogP contribution in [0, 0.1) is 12.7 Å². The van der Waals surface area contributed by atoms with Gasteiger partial charge in [-0.1, -0.05) is 6.92 Å². The molecule has 1 aromatic carbocycles. The number of rotatable bonds is 4. The van der Waals surface area contributed by atoms with Gasteiger partial charge in [-0.15, -0.1) is 0 Å². The number of carbonyl (C=O) groups excluding carboxylic acids is 1. The quantitative estimate of drug-likeness (QED) is 0.879. The Kier molecular flexibility index (Phi) is 4.26. The van der Waals surface area contributed by atoms with Gasteiger partial charge >= 0.3 is 5.97 Å². The number of esters is 1. The molecule has 2 N–H and O–H groups in total. The lowest BCUT2D eigenvalue weighted by atomic mass is 10.2. The predicted molar refractivity (Wildman–Crippen MR) is 78.0 cm³/mol. The second-order valence-electron chi connectivity index (χ2n) is 4.66. The molecule has 2 rings (SSSR count). The number of hydrogen-bond donors (Lipinski definition) is 1. The van der Waals surface area contributed by atoms with E-state index in [1.807, 2.05) is 6.92 Å². The monoisotopic (exact) mass is 291 g/mol. The summed E-state index contributed by atoms with van der Waals surface area (Å²) in [6.45, 7) is 5.63. The van der Waals surface area contributed by atoms with E-state index in [2.05, 4.69) is 4.98 Å². The average Bonchev–Trinajstić information content (AvgIpc) is 2.75. The van der Waals surface area contributed by atoms with Crippen LogP contribution in [0.3, 0.4) is 0 Å². The Morgan fingerprint density at radius 1 is 1.38 bits per heavy atom. The molecule has 0 amide bonds. The van der Waals surface area contributed by atoms with E-state index >= 15 is 0 Å². The molecule has 0 atom stereocenters. The Balaban J connectivity index is 2.60. The molecule has 112 valence electrons. The first-order chi connectivity index (χ1) is 9.97. The van der Waals surface area contributed by atoms with Crippen LogP contribution in [0.4, 0.5) is 10.2 Å². The lowest BCUT2D eigenvalue weighted by molar-refractivity contribution is 0.0521. The largest absolute Gasteiger partial charge is 0.461 e. The second kappa shape index (κ2) is 5.95. The molecule has 0 spiro atoms. The summed E-state index contributed by atoms with van der Waals surface area (Å²) < 4.78 is 20.1. The highest BCUT2D eigenvalue weighted by molar-refractivity contribution is 5.92. The predicted octanol–water partition coefficient (Wildman–Crippen LogP) is 2.64. The minimum absolute atomic E-state index is 0.0654. The summed E-state index contributed by atoms with van der Waals surface area (Å²) in [5, 5.41) is 0. The van der Waals surface area contributed by atoms with Gasteiger partial charge in [-0.25, -0.2) is 14.2 Å². The number of halogens is 1. The Labute approximate surface area is 122 Å². The van der Waals surface area contributed by atoms with E-state index in [4.69, 9.17) is 10.5 Å². The van der Waals surface area contributed by atoms with Crippen molar-refractivity contribution in [2.24, 2.45) is 0 Å². The first kappa shape index (κ1) is 15.0. The summed E-state index contributed by atoms with van der Waals surface area (Å²) in [6.07, 6.45) is 0.555. The van der Waals surface area contributed by atoms with Crippen LogP contribution < -0.4 is 5.73 Å². The number of nitrogens with two attached hydrogens (primary N) is 1. The van der Waals surface area contributed by atoms with Gasteiger partial charge in [-0.2, -0.15) is 0 Å². The van der Waals surface area contributed by atoms with Crippen molar-refractivity contribution in [2.45, 2.75) is 27.2 Å². The molecule has 1 aromatic heterocycles. The molecular formula is C15H18FN3O2. The van der Waals surface area contributed by atoms with E-state index < -0.39 is 5.97 Å². The summed E-state index contributed by atoms with van der Waals surface area (Å²) in [5.74, 6) is -0.190. The van der Waals surface area contributed by atoms with Crippen molar-refractivity contribution in [1.29, 1.82) is 0 Å². The highest BCUT2D eigenvalue weighted by Gasteiger charge is 2.22. The number of benzene rings is 1. The second-order valence-corrected chi connectivity index (χ2v) is 4.66. The maximum atomic E-state index is 13.6. The summed E-state index contributed by atoms with van der Waals surface area (Å²) in [5.41, 5.74) is 7.39. The van der Waals surface area contributed by atoms with Crippen molar-refractivity contribution < 1.29 is 13.9 Å². The zero-order chi connectivity index (χ0) is 15.6. The van der Waals surface area contributed by atoms with Crippen LogP contribution in [0.5, 0.6) is 0 Å². The number of imidazole rings is 1. The van der Waals surface area contributed by atoms with Crippen LogP contribution in [0.25, 0.3) is 5.69 Å². The Hall–Kier alpha value is -2.37. The van der Waals surface area contributed by atoms with Gasteiger partial charge in [0.25, 0.3) is 0 Å². The molecule has 0 aliphatic rings. The van der Waals surface area contributed by atoms with Crippen molar-refractivity contribution >= 4 is 11.8 Å². The van der Waals surface area contributed by atoms with E-state index in [-0.39, 0.29) is 23.9 Å². The highest BCUT2D eigenvalue weighted by atomic mass is 19.1. The van der Waals surface area contributed by atoms with Gasteiger partial charge in [0.2, 0.25) is 0 Å². The maximum absolute atomic E-state index is 13.6. The van der Waals surface area contributed by atoms with Gasteiger partial charge in [0.1, 0.15) is 17.5 Å². The van der Waals surface area contributed by atoms with Crippen molar-refractivity contribution in [2.75, 3.05) is 12.3 Å². The first-order valence-corrected chi connectivity index (χ1v) is 6.79. The summed E-state index contributed by atoms with van der Waals surface area (Å²) in [6, 6.07) is 4.57. The first-order valence-electron chi connectivity index (χ1n) is 6.79. The number of hydrogen-bond acceptors (Lipinski definition) is 4. The average molecular weight is 291 g/mol. The third-order valence-corrected chi connectivity index (χ3v) is 3.05. The molecule has 6 heteroatoms. The van der Waals surface area contributed by atoms with Gasteiger partial charge in [0.15, 0.2) is 5.69 Å². The Morgan fingerprint density at radius 3 is 2.67 bits per heavy atom. The number of anilines is 1. The van der Waals surface area contributed by atoms with Gasteiger partial charge in [-0.05, 0) is 37.6 Å². The summed E-state index contributed by atoms with van der Waals surface area (Å²) in [7, 11) is 0. The van der Waals surface area contributed by atoms with Crippen LogP contribution in [0.2, 0.25) is 0 Å². The Bertz CT molecular complexity index is 660. The van der Waals surface area contributed by atoms with Gasteiger partial charge in [0.05, 0.1) is 12.3 Å². The molecule has 0 aliphatic carbocycles. The SMILES string of the molecule is CCOC(=O)c1nc(CC)n(-c2cc(C)cc(F)c2)c1N. The molecule has 0 radical (unpaired) electrons. The number of aromatic nitrogens is 2.